The lowest BCUT2D eigenvalue weighted by molar-refractivity contribution is 0.205. The van der Waals surface area contributed by atoms with Crippen LogP contribution in [0.1, 0.15) is 5.56 Å². The minimum atomic E-state index is -1.33. The minimum absolute atomic E-state index is 1.17. The highest BCUT2D eigenvalue weighted by atomic mass is 16.4. The fourth-order valence-corrected chi connectivity index (χ4v) is 0.589. The van der Waals surface area contributed by atoms with Gasteiger partial charge in [0.25, 0.3) is 0 Å². The topological polar surface area (TPSA) is 63.3 Å². The van der Waals surface area contributed by atoms with Gasteiger partial charge in [0.2, 0.25) is 0 Å². The molecular formula is C9H11NO2. The molecule has 3 nitrogen and oxygen atoms in total. The molecule has 0 radical (unpaired) electrons. The largest absolute Gasteiger partial charge is 0.465 e. The summed E-state index contributed by atoms with van der Waals surface area (Å²) in [5.74, 6) is 0. The standard InChI is InChI=1S/C8H8.CH3NO2/c1-2-8-6-4-3-5-7-8;2-1(3)4/h2-7H,1H2;2H2,(H,3,4). The predicted molar refractivity (Wildman–Crippen MR) is 48.7 cm³/mol. The third kappa shape index (κ3) is 6.35. The number of carbonyl (C=O) groups is 1. The van der Waals surface area contributed by atoms with E-state index in [1.54, 1.807) is 0 Å². The third-order valence-corrected chi connectivity index (χ3v) is 1.04. The van der Waals surface area contributed by atoms with Crippen LogP contribution in [0.2, 0.25) is 0 Å². The number of hydrogen-bond donors (Lipinski definition) is 2. The monoisotopic (exact) mass is 165 g/mol. The Morgan fingerprint density at radius 2 is 1.83 bits per heavy atom. The number of carboxylic acid groups (broad SMARTS) is 1. The molecule has 0 aliphatic heterocycles. The first kappa shape index (κ1) is 10.2. The molecule has 0 unspecified atom stereocenters. The zero-order valence-electron chi connectivity index (χ0n) is 6.60. The summed E-state index contributed by atoms with van der Waals surface area (Å²) in [5, 5.41) is 7.19. The first-order chi connectivity index (χ1) is 5.66. The summed E-state index contributed by atoms with van der Waals surface area (Å²) in [4.78, 5) is 8.78. The molecule has 3 N–H and O–H groups in total. The summed E-state index contributed by atoms with van der Waals surface area (Å²) in [6.45, 7) is 3.63. The summed E-state index contributed by atoms with van der Waals surface area (Å²) < 4.78 is 0. The molecule has 64 valence electrons. The van der Waals surface area contributed by atoms with Crippen LogP contribution in [0.25, 0.3) is 6.08 Å². The molecule has 1 aromatic rings. The number of benzene rings is 1. The number of amides is 1. The molecule has 0 aromatic heterocycles. The van der Waals surface area contributed by atoms with Crippen LogP contribution in [0, 0.1) is 0 Å². The van der Waals surface area contributed by atoms with Gasteiger partial charge < -0.3 is 10.8 Å². The number of rotatable bonds is 1. The van der Waals surface area contributed by atoms with Crippen molar-refractivity contribution in [2.24, 2.45) is 5.73 Å². The van der Waals surface area contributed by atoms with Crippen LogP contribution in [0.3, 0.4) is 0 Å². The van der Waals surface area contributed by atoms with Crippen molar-refractivity contribution in [3.05, 3.63) is 42.5 Å². The summed E-state index contributed by atoms with van der Waals surface area (Å²) in [6.07, 6.45) is 0.500. The molecule has 0 atom stereocenters. The predicted octanol–water partition coefficient (Wildman–Crippen LogP) is 1.95. The Balaban J connectivity index is 0.000000261. The van der Waals surface area contributed by atoms with Crippen molar-refractivity contribution in [3.8, 4) is 0 Å². The highest BCUT2D eigenvalue weighted by Crippen LogP contribution is 1.97. The normalized spacial score (nSPS) is 7.67. The van der Waals surface area contributed by atoms with Crippen LogP contribution in [0.15, 0.2) is 36.9 Å². The van der Waals surface area contributed by atoms with E-state index in [1.165, 1.54) is 5.56 Å². The maximum Gasteiger partial charge on any atom is 0.402 e. The van der Waals surface area contributed by atoms with Gasteiger partial charge >= 0.3 is 6.09 Å². The van der Waals surface area contributed by atoms with Crippen LogP contribution < -0.4 is 5.73 Å². The molecule has 0 aliphatic carbocycles. The van der Waals surface area contributed by atoms with E-state index in [0.29, 0.717) is 0 Å². The van der Waals surface area contributed by atoms with Crippen molar-refractivity contribution in [2.75, 3.05) is 0 Å². The van der Waals surface area contributed by atoms with Gasteiger partial charge in [0.15, 0.2) is 0 Å². The molecule has 1 amide bonds. The van der Waals surface area contributed by atoms with E-state index in [-0.39, 0.29) is 0 Å². The molecular weight excluding hydrogens is 154 g/mol. The average molecular weight is 165 g/mol. The van der Waals surface area contributed by atoms with Crippen LogP contribution >= 0.6 is 0 Å². The maximum absolute atomic E-state index is 8.78. The number of nitrogens with two attached hydrogens (primary N) is 1. The molecule has 0 aliphatic rings. The van der Waals surface area contributed by atoms with Gasteiger partial charge in [0.1, 0.15) is 0 Å². The third-order valence-electron chi connectivity index (χ3n) is 1.04. The molecule has 1 rings (SSSR count). The summed E-state index contributed by atoms with van der Waals surface area (Å²) in [6, 6.07) is 10.0. The van der Waals surface area contributed by atoms with Gasteiger partial charge in [-0.2, -0.15) is 0 Å². The smallest absolute Gasteiger partial charge is 0.402 e. The van der Waals surface area contributed by atoms with Crippen molar-refractivity contribution in [3.63, 3.8) is 0 Å². The first-order valence-electron chi connectivity index (χ1n) is 3.32. The SMILES string of the molecule is C=Cc1ccccc1.NC(=O)O. The van der Waals surface area contributed by atoms with Gasteiger partial charge in [-0.15, -0.1) is 0 Å². The number of hydrogen-bond acceptors (Lipinski definition) is 1. The fraction of sp³-hybridized carbons (Fsp3) is 0. The van der Waals surface area contributed by atoms with Crippen molar-refractivity contribution >= 4 is 12.2 Å². The fourth-order valence-electron chi connectivity index (χ4n) is 0.589. The Kier molecular flexibility index (Phi) is 5.09. The van der Waals surface area contributed by atoms with E-state index >= 15 is 0 Å². The van der Waals surface area contributed by atoms with E-state index in [2.05, 4.69) is 12.3 Å². The van der Waals surface area contributed by atoms with Crippen molar-refractivity contribution in [2.45, 2.75) is 0 Å². The Morgan fingerprint density at radius 1 is 1.42 bits per heavy atom. The Hall–Kier alpha value is -1.77. The van der Waals surface area contributed by atoms with Crippen LogP contribution in [0.5, 0.6) is 0 Å². The second kappa shape index (κ2) is 5.97. The van der Waals surface area contributed by atoms with E-state index in [4.69, 9.17) is 9.90 Å². The molecule has 0 saturated carbocycles. The van der Waals surface area contributed by atoms with Crippen molar-refractivity contribution in [1.29, 1.82) is 0 Å². The summed E-state index contributed by atoms with van der Waals surface area (Å²) in [5.41, 5.74) is 5.20. The van der Waals surface area contributed by atoms with Crippen LogP contribution in [-0.4, -0.2) is 11.2 Å². The van der Waals surface area contributed by atoms with Crippen molar-refractivity contribution < 1.29 is 9.90 Å². The zero-order chi connectivity index (χ0) is 9.40. The molecule has 3 heteroatoms. The van der Waals surface area contributed by atoms with Gasteiger partial charge in [0, 0.05) is 0 Å². The van der Waals surface area contributed by atoms with E-state index < -0.39 is 6.09 Å². The van der Waals surface area contributed by atoms with Gasteiger partial charge in [-0.1, -0.05) is 43.0 Å². The quantitative estimate of drug-likeness (QED) is 0.668. The Labute approximate surface area is 71.1 Å². The van der Waals surface area contributed by atoms with E-state index in [9.17, 15) is 0 Å². The summed E-state index contributed by atoms with van der Waals surface area (Å²) in [7, 11) is 0. The maximum atomic E-state index is 8.78. The van der Waals surface area contributed by atoms with Gasteiger partial charge in [-0.05, 0) is 5.56 Å². The Bertz CT molecular complexity index is 240. The highest BCUT2D eigenvalue weighted by Gasteiger charge is 1.75. The van der Waals surface area contributed by atoms with Gasteiger partial charge in [-0.3, -0.25) is 0 Å². The molecule has 1 aromatic carbocycles. The second-order valence-electron chi connectivity index (χ2n) is 1.95. The number of primary amides is 1. The lowest BCUT2D eigenvalue weighted by Crippen LogP contribution is -2.03. The van der Waals surface area contributed by atoms with Crippen LogP contribution in [0.4, 0.5) is 4.79 Å². The molecule has 0 spiro atoms. The first-order valence-corrected chi connectivity index (χ1v) is 3.32. The van der Waals surface area contributed by atoms with E-state index in [0.717, 1.165) is 0 Å². The molecule has 0 heterocycles. The minimum Gasteiger partial charge on any atom is -0.465 e. The molecule has 0 fully saturated rings. The molecule has 0 saturated heterocycles. The van der Waals surface area contributed by atoms with Gasteiger partial charge in [-0.25, -0.2) is 4.79 Å². The second-order valence-corrected chi connectivity index (χ2v) is 1.95. The van der Waals surface area contributed by atoms with E-state index in [1.807, 2.05) is 36.4 Å². The molecule has 12 heavy (non-hydrogen) atoms. The van der Waals surface area contributed by atoms with Crippen molar-refractivity contribution in [1.82, 2.24) is 0 Å². The summed E-state index contributed by atoms with van der Waals surface area (Å²) >= 11 is 0. The lowest BCUT2D eigenvalue weighted by Gasteiger charge is -1.85. The van der Waals surface area contributed by atoms with Crippen LogP contribution in [-0.2, 0) is 0 Å². The molecule has 0 bridgehead atoms. The highest BCUT2D eigenvalue weighted by molar-refractivity contribution is 5.61. The lowest BCUT2D eigenvalue weighted by atomic mass is 10.2. The Morgan fingerprint density at radius 3 is 2.08 bits per heavy atom. The zero-order valence-corrected chi connectivity index (χ0v) is 6.60. The van der Waals surface area contributed by atoms with Gasteiger partial charge in [0.05, 0.1) is 0 Å². The average Bonchev–Trinajstić information content (AvgIpc) is 2.05.